The molecule has 3 aliphatic carbocycles. The molecule has 0 aromatic heterocycles. The molecule has 0 saturated heterocycles. The topological polar surface area (TPSA) is 29.1 Å². The van der Waals surface area contributed by atoms with Crippen molar-refractivity contribution in [3.05, 3.63) is 12.2 Å². The van der Waals surface area contributed by atoms with Gasteiger partial charge in [-0.2, -0.15) is 0 Å². The smallest absolute Gasteiger partial charge is 0.217 e. The van der Waals surface area contributed by atoms with Crippen LogP contribution in [0.2, 0.25) is 0 Å². The minimum Gasteiger partial charge on any atom is -0.353 e. The second kappa shape index (κ2) is 2.37. The highest BCUT2D eigenvalue weighted by molar-refractivity contribution is 5.73. The summed E-state index contributed by atoms with van der Waals surface area (Å²) in [5, 5.41) is 3.11. The Balaban J connectivity index is 1.84. The van der Waals surface area contributed by atoms with Crippen LogP contribution in [-0.2, 0) is 4.79 Å². The predicted molar refractivity (Wildman–Crippen MR) is 49.9 cm³/mol. The molecule has 0 aliphatic heterocycles. The van der Waals surface area contributed by atoms with Crippen LogP contribution >= 0.6 is 0 Å². The molecule has 1 amide bonds. The van der Waals surface area contributed by atoms with E-state index in [0.717, 1.165) is 17.8 Å². The van der Waals surface area contributed by atoms with Crippen molar-refractivity contribution in [3.63, 3.8) is 0 Å². The van der Waals surface area contributed by atoms with Crippen LogP contribution < -0.4 is 5.32 Å². The monoisotopic (exact) mass is 177 g/mol. The Morgan fingerprint density at radius 2 is 2.23 bits per heavy atom. The third-order valence-electron chi connectivity index (χ3n) is 4.07. The van der Waals surface area contributed by atoms with Crippen molar-refractivity contribution in [2.45, 2.75) is 25.8 Å². The van der Waals surface area contributed by atoms with E-state index in [1.807, 2.05) is 0 Å². The van der Waals surface area contributed by atoms with Crippen molar-refractivity contribution in [2.75, 3.05) is 0 Å². The molecule has 0 aromatic rings. The van der Waals surface area contributed by atoms with Crippen LogP contribution in [0.1, 0.15) is 19.8 Å². The molecule has 5 unspecified atom stereocenters. The first-order chi connectivity index (χ1) is 6.25. The molecule has 5 atom stereocenters. The molecule has 3 aliphatic rings. The van der Waals surface area contributed by atoms with E-state index < -0.39 is 0 Å². The second-order valence-electron chi connectivity index (χ2n) is 4.75. The van der Waals surface area contributed by atoms with E-state index in [1.165, 1.54) is 12.8 Å². The Bertz CT molecular complexity index is 284. The third kappa shape index (κ3) is 0.917. The summed E-state index contributed by atoms with van der Waals surface area (Å²) in [6.07, 6.45) is 7.36. The molecule has 3 rings (SSSR count). The average Bonchev–Trinajstić information content (AvgIpc) is 2.60. The summed E-state index contributed by atoms with van der Waals surface area (Å²) >= 11 is 0. The highest BCUT2D eigenvalue weighted by atomic mass is 16.1. The predicted octanol–water partition coefficient (Wildman–Crippen LogP) is 1.33. The third-order valence-corrected chi connectivity index (χ3v) is 4.07. The Kier molecular flexibility index (Phi) is 1.38. The van der Waals surface area contributed by atoms with Crippen LogP contribution in [0.4, 0.5) is 0 Å². The van der Waals surface area contributed by atoms with Gasteiger partial charge in [-0.3, -0.25) is 4.79 Å². The Hall–Kier alpha value is -0.790. The summed E-state index contributed by atoms with van der Waals surface area (Å²) in [5.74, 6) is 3.27. The molecule has 2 saturated carbocycles. The fraction of sp³-hybridized carbons (Fsp3) is 0.727. The molecule has 0 aromatic carbocycles. The summed E-state index contributed by atoms with van der Waals surface area (Å²) in [7, 11) is 0. The maximum atomic E-state index is 11.0. The van der Waals surface area contributed by atoms with Gasteiger partial charge in [-0.05, 0) is 30.6 Å². The van der Waals surface area contributed by atoms with Gasteiger partial charge in [0.25, 0.3) is 0 Å². The van der Waals surface area contributed by atoms with Crippen LogP contribution in [0, 0.1) is 23.7 Å². The lowest BCUT2D eigenvalue weighted by atomic mass is 9.84. The molecule has 0 spiro atoms. The van der Waals surface area contributed by atoms with Gasteiger partial charge in [-0.1, -0.05) is 12.2 Å². The van der Waals surface area contributed by atoms with Gasteiger partial charge in [0, 0.05) is 18.9 Å². The normalized spacial score (nSPS) is 50.1. The number of hydrogen-bond donors (Lipinski definition) is 1. The van der Waals surface area contributed by atoms with E-state index in [0.29, 0.717) is 12.0 Å². The first kappa shape index (κ1) is 7.60. The van der Waals surface area contributed by atoms with E-state index in [1.54, 1.807) is 6.92 Å². The fourth-order valence-electron chi connectivity index (χ4n) is 3.66. The first-order valence-corrected chi connectivity index (χ1v) is 5.21. The quantitative estimate of drug-likeness (QED) is 0.601. The first-order valence-electron chi connectivity index (χ1n) is 5.21. The number of nitrogens with one attached hydrogen (secondary N) is 1. The van der Waals surface area contributed by atoms with Gasteiger partial charge in [0.2, 0.25) is 5.91 Å². The van der Waals surface area contributed by atoms with E-state index in [2.05, 4.69) is 17.5 Å². The number of allylic oxidation sites excluding steroid dienone is 1. The number of hydrogen-bond acceptors (Lipinski definition) is 1. The van der Waals surface area contributed by atoms with Crippen molar-refractivity contribution in [2.24, 2.45) is 23.7 Å². The van der Waals surface area contributed by atoms with Gasteiger partial charge in [0.15, 0.2) is 0 Å². The van der Waals surface area contributed by atoms with Crippen molar-refractivity contribution in [1.29, 1.82) is 0 Å². The number of rotatable bonds is 1. The lowest BCUT2D eigenvalue weighted by Crippen LogP contribution is -2.42. The zero-order chi connectivity index (χ0) is 9.00. The maximum absolute atomic E-state index is 11.0. The summed E-state index contributed by atoms with van der Waals surface area (Å²) in [5.41, 5.74) is 0. The Morgan fingerprint density at radius 3 is 3.00 bits per heavy atom. The minimum absolute atomic E-state index is 0.134. The van der Waals surface area contributed by atoms with Crippen molar-refractivity contribution < 1.29 is 4.79 Å². The maximum Gasteiger partial charge on any atom is 0.217 e. The highest BCUT2D eigenvalue weighted by Gasteiger charge is 2.53. The fourth-order valence-corrected chi connectivity index (χ4v) is 3.66. The minimum atomic E-state index is 0.134. The number of carbonyl (C=O) groups excluding carboxylic acids is 1. The van der Waals surface area contributed by atoms with Gasteiger partial charge in [0.1, 0.15) is 0 Å². The van der Waals surface area contributed by atoms with Gasteiger partial charge in [0.05, 0.1) is 0 Å². The van der Waals surface area contributed by atoms with Crippen molar-refractivity contribution in [1.82, 2.24) is 5.32 Å². The molecular weight excluding hydrogens is 162 g/mol. The SMILES string of the molecule is CC(=O)NC1C2CC3C=CC1C3C2. The van der Waals surface area contributed by atoms with Crippen molar-refractivity contribution >= 4 is 5.91 Å². The number of fused-ring (bicyclic) bond motifs is 1. The van der Waals surface area contributed by atoms with Crippen LogP contribution in [0.25, 0.3) is 0 Å². The summed E-state index contributed by atoms with van der Waals surface area (Å²) in [6, 6.07) is 0.456. The second-order valence-corrected chi connectivity index (χ2v) is 4.75. The van der Waals surface area contributed by atoms with Gasteiger partial charge in [-0.25, -0.2) is 0 Å². The molecule has 0 heterocycles. The standard InChI is InChI=1S/C11H15NO/c1-6(13)12-11-8-4-7-2-3-9(11)10(7)5-8/h2-3,7-11H,4-5H2,1H3,(H,12,13). The van der Waals surface area contributed by atoms with E-state index in [9.17, 15) is 4.79 Å². The lowest BCUT2D eigenvalue weighted by molar-refractivity contribution is -0.120. The molecule has 2 bridgehead atoms. The number of amides is 1. The van der Waals surface area contributed by atoms with Crippen LogP contribution in [0.5, 0.6) is 0 Å². The molecular formula is C11H15NO. The van der Waals surface area contributed by atoms with Gasteiger partial charge in [-0.15, -0.1) is 0 Å². The van der Waals surface area contributed by atoms with Crippen molar-refractivity contribution in [3.8, 4) is 0 Å². The average molecular weight is 177 g/mol. The molecule has 13 heavy (non-hydrogen) atoms. The Labute approximate surface area is 78.4 Å². The summed E-state index contributed by atoms with van der Waals surface area (Å²) < 4.78 is 0. The zero-order valence-electron chi connectivity index (χ0n) is 7.86. The van der Waals surface area contributed by atoms with Crippen LogP contribution in [-0.4, -0.2) is 11.9 Å². The molecule has 2 fully saturated rings. The van der Waals surface area contributed by atoms with Crippen LogP contribution in [0.15, 0.2) is 12.2 Å². The van der Waals surface area contributed by atoms with Gasteiger partial charge < -0.3 is 5.32 Å². The summed E-state index contributed by atoms with van der Waals surface area (Å²) in [6.45, 7) is 1.63. The molecule has 0 radical (unpaired) electrons. The Morgan fingerprint density at radius 1 is 1.38 bits per heavy atom. The molecule has 2 heteroatoms. The highest BCUT2D eigenvalue weighted by Crippen LogP contribution is 2.56. The van der Waals surface area contributed by atoms with E-state index in [-0.39, 0.29) is 5.91 Å². The molecule has 70 valence electrons. The lowest BCUT2D eigenvalue weighted by Gasteiger charge is -2.28. The van der Waals surface area contributed by atoms with Gasteiger partial charge >= 0.3 is 0 Å². The van der Waals surface area contributed by atoms with Crippen LogP contribution in [0.3, 0.4) is 0 Å². The van der Waals surface area contributed by atoms with E-state index in [4.69, 9.17) is 0 Å². The van der Waals surface area contributed by atoms with E-state index >= 15 is 0 Å². The zero-order valence-corrected chi connectivity index (χ0v) is 7.86. The largest absolute Gasteiger partial charge is 0.353 e. The molecule has 1 N–H and O–H groups in total. The molecule has 2 nitrogen and oxygen atoms in total. The summed E-state index contributed by atoms with van der Waals surface area (Å²) in [4.78, 5) is 11.0. The number of carbonyl (C=O) groups is 1.